The van der Waals surface area contributed by atoms with Crippen molar-refractivity contribution in [3.8, 4) is 0 Å². The van der Waals surface area contributed by atoms with E-state index >= 15 is 0 Å². The Balaban J connectivity index is 2.79. The molecule has 1 rings (SSSR count). The van der Waals surface area contributed by atoms with E-state index in [-0.39, 0.29) is 5.56 Å². The van der Waals surface area contributed by atoms with Crippen LogP contribution in [0.4, 0.5) is 13.2 Å². The summed E-state index contributed by atoms with van der Waals surface area (Å²) in [6, 6.07) is 6.61. The fourth-order valence-electron chi connectivity index (χ4n) is 1.18. The molecule has 112 valence electrons. The number of oxime groups is 1. The Kier molecular flexibility index (Phi) is 5.65. The molecule has 0 aromatic heterocycles. The Morgan fingerprint density at radius 1 is 1.24 bits per heavy atom. The zero-order valence-corrected chi connectivity index (χ0v) is 10.6. The maximum absolute atomic E-state index is 12.8. The highest BCUT2D eigenvalue weighted by molar-refractivity contribution is 6.04. The Labute approximate surface area is 117 Å². The van der Waals surface area contributed by atoms with Gasteiger partial charge < -0.3 is 9.57 Å². The Bertz CT molecular complexity index is 552. The fourth-order valence-corrected chi connectivity index (χ4v) is 1.18. The van der Waals surface area contributed by atoms with E-state index in [1.165, 1.54) is 18.2 Å². The van der Waals surface area contributed by atoms with Gasteiger partial charge in [0.15, 0.2) is 12.3 Å². The highest BCUT2D eigenvalue weighted by Crippen LogP contribution is 2.22. The number of hydrogen-bond acceptors (Lipinski definition) is 5. The first-order valence-corrected chi connectivity index (χ1v) is 5.54. The molecule has 0 bridgehead atoms. The third-order valence-corrected chi connectivity index (χ3v) is 2.05. The molecular weight excluding hydrogens is 291 g/mol. The molecule has 0 aliphatic heterocycles. The van der Waals surface area contributed by atoms with Crippen molar-refractivity contribution in [1.29, 1.82) is 0 Å². The number of rotatable bonds is 5. The Morgan fingerprint density at radius 3 is 2.38 bits per heavy atom. The van der Waals surface area contributed by atoms with Crippen molar-refractivity contribution in [3.05, 3.63) is 48.6 Å². The summed E-state index contributed by atoms with van der Waals surface area (Å²) in [4.78, 5) is 25.9. The van der Waals surface area contributed by atoms with Gasteiger partial charge in [-0.05, 0) is 0 Å². The Hall–Kier alpha value is -2.64. The van der Waals surface area contributed by atoms with Crippen LogP contribution < -0.4 is 0 Å². The minimum absolute atomic E-state index is 0.263. The third-order valence-electron chi connectivity index (χ3n) is 2.05. The normalized spacial score (nSPS) is 11.7. The van der Waals surface area contributed by atoms with Gasteiger partial charge in [0, 0.05) is 11.6 Å². The zero-order valence-electron chi connectivity index (χ0n) is 10.6. The van der Waals surface area contributed by atoms with Crippen LogP contribution in [-0.2, 0) is 19.2 Å². The monoisotopic (exact) mass is 301 g/mol. The maximum Gasteiger partial charge on any atom is 0.437 e. The number of ether oxygens (including phenoxy) is 1. The number of carbonyl (C=O) groups is 2. The average Bonchev–Trinajstić information content (AvgIpc) is 2.44. The van der Waals surface area contributed by atoms with E-state index in [0.29, 0.717) is 0 Å². The molecule has 5 nitrogen and oxygen atoms in total. The van der Waals surface area contributed by atoms with Crippen molar-refractivity contribution < 1.29 is 32.3 Å². The first-order chi connectivity index (χ1) is 9.84. The fraction of sp³-hybridized carbons (Fsp3) is 0.154. The summed E-state index contributed by atoms with van der Waals surface area (Å²) >= 11 is 0. The molecule has 8 heteroatoms. The molecule has 0 saturated heterocycles. The molecule has 0 spiro atoms. The molecule has 0 heterocycles. The average molecular weight is 301 g/mol. The molecule has 0 N–H and O–H groups in total. The zero-order chi connectivity index (χ0) is 15.9. The van der Waals surface area contributed by atoms with Crippen molar-refractivity contribution >= 4 is 17.7 Å². The molecular formula is C13H10F3NO4. The van der Waals surface area contributed by atoms with Crippen molar-refractivity contribution in [2.45, 2.75) is 6.18 Å². The predicted octanol–water partition coefficient (Wildman–Crippen LogP) is 2.23. The molecule has 0 fully saturated rings. The lowest BCUT2D eigenvalue weighted by molar-refractivity contribution is -0.156. The van der Waals surface area contributed by atoms with Crippen LogP contribution in [0.15, 0.2) is 48.1 Å². The van der Waals surface area contributed by atoms with Gasteiger partial charge in [0.05, 0.1) is 0 Å². The summed E-state index contributed by atoms with van der Waals surface area (Å²) in [6.07, 6.45) is -4.01. The van der Waals surface area contributed by atoms with Crippen LogP contribution in [-0.4, -0.2) is 30.4 Å². The van der Waals surface area contributed by atoms with Gasteiger partial charge in [-0.2, -0.15) is 13.2 Å². The number of nitrogens with zero attached hydrogens (tertiary/aromatic N) is 1. The molecule has 1 aromatic carbocycles. The molecule has 0 aliphatic rings. The summed E-state index contributed by atoms with van der Waals surface area (Å²) < 4.78 is 42.7. The lowest BCUT2D eigenvalue weighted by Crippen LogP contribution is -2.25. The smallest absolute Gasteiger partial charge is 0.437 e. The van der Waals surface area contributed by atoms with E-state index in [1.54, 1.807) is 0 Å². The quantitative estimate of drug-likeness (QED) is 0.275. The molecule has 21 heavy (non-hydrogen) atoms. The van der Waals surface area contributed by atoms with Crippen LogP contribution in [0.5, 0.6) is 0 Å². The van der Waals surface area contributed by atoms with E-state index < -0.39 is 30.4 Å². The number of benzene rings is 1. The highest BCUT2D eigenvalue weighted by Gasteiger charge is 2.38. The van der Waals surface area contributed by atoms with E-state index in [4.69, 9.17) is 0 Å². The van der Waals surface area contributed by atoms with E-state index in [0.717, 1.165) is 18.2 Å². The van der Waals surface area contributed by atoms with Gasteiger partial charge in [-0.1, -0.05) is 42.1 Å². The van der Waals surface area contributed by atoms with Crippen molar-refractivity contribution in [2.75, 3.05) is 6.61 Å². The second-order valence-electron chi connectivity index (χ2n) is 3.58. The summed E-state index contributed by atoms with van der Waals surface area (Å²) in [6.45, 7) is 2.21. The summed E-state index contributed by atoms with van der Waals surface area (Å²) in [5, 5.41) is 2.79. The summed E-state index contributed by atoms with van der Waals surface area (Å²) in [5.74, 6) is -2.15. The first-order valence-electron chi connectivity index (χ1n) is 5.54. The van der Waals surface area contributed by atoms with Crippen molar-refractivity contribution in [1.82, 2.24) is 0 Å². The van der Waals surface area contributed by atoms with E-state index in [1.807, 2.05) is 0 Å². The topological polar surface area (TPSA) is 65.0 Å². The van der Waals surface area contributed by atoms with Crippen molar-refractivity contribution in [3.63, 3.8) is 0 Å². The van der Waals surface area contributed by atoms with Crippen molar-refractivity contribution in [2.24, 2.45) is 5.16 Å². The van der Waals surface area contributed by atoms with Gasteiger partial charge in [0.1, 0.15) is 0 Å². The highest BCUT2D eigenvalue weighted by atomic mass is 19.4. The minimum Gasteiger partial charge on any atom is -0.450 e. The third kappa shape index (κ3) is 5.47. The predicted molar refractivity (Wildman–Crippen MR) is 66.3 cm³/mol. The standard InChI is InChI=1S/C13H10F3NO4/c1-2-10(18)20-8-11(19)21-17-12(13(14,15)16)9-6-4-3-5-7-9/h2-7H,1,8H2/b17-12+. The lowest BCUT2D eigenvalue weighted by Gasteiger charge is -2.09. The molecule has 0 unspecified atom stereocenters. The van der Waals surface area contributed by atoms with Gasteiger partial charge in [-0.15, -0.1) is 0 Å². The van der Waals surface area contributed by atoms with Gasteiger partial charge in [-0.25, -0.2) is 9.59 Å². The number of esters is 1. The number of hydrogen-bond donors (Lipinski definition) is 0. The summed E-state index contributed by atoms with van der Waals surface area (Å²) in [5.41, 5.74) is -1.63. The van der Waals surface area contributed by atoms with Crippen LogP contribution in [0.3, 0.4) is 0 Å². The number of halogens is 3. The lowest BCUT2D eigenvalue weighted by atomic mass is 10.1. The van der Waals surface area contributed by atoms with Gasteiger partial charge in [0.2, 0.25) is 0 Å². The first kappa shape index (κ1) is 16.4. The van der Waals surface area contributed by atoms with Crippen LogP contribution in [0, 0.1) is 0 Å². The largest absolute Gasteiger partial charge is 0.450 e. The maximum atomic E-state index is 12.8. The SMILES string of the molecule is C=CC(=O)OCC(=O)O/N=C(\c1ccccc1)C(F)(F)F. The van der Waals surface area contributed by atoms with Crippen LogP contribution in [0.2, 0.25) is 0 Å². The second kappa shape index (κ2) is 7.22. The molecule has 0 amide bonds. The summed E-state index contributed by atoms with van der Waals surface area (Å²) in [7, 11) is 0. The van der Waals surface area contributed by atoms with Gasteiger partial charge >= 0.3 is 18.1 Å². The van der Waals surface area contributed by atoms with E-state index in [2.05, 4.69) is 21.3 Å². The molecule has 0 atom stereocenters. The van der Waals surface area contributed by atoms with Gasteiger partial charge in [-0.3, -0.25) is 0 Å². The molecule has 0 radical (unpaired) electrons. The minimum atomic E-state index is -4.81. The van der Waals surface area contributed by atoms with Crippen LogP contribution in [0.25, 0.3) is 0 Å². The second-order valence-corrected chi connectivity index (χ2v) is 3.58. The van der Waals surface area contributed by atoms with E-state index in [9.17, 15) is 22.8 Å². The van der Waals surface area contributed by atoms with Crippen LogP contribution >= 0.6 is 0 Å². The molecule has 0 aliphatic carbocycles. The Morgan fingerprint density at radius 2 is 1.86 bits per heavy atom. The number of alkyl halides is 3. The number of carbonyl (C=O) groups excluding carboxylic acids is 2. The van der Waals surface area contributed by atoms with Gasteiger partial charge in [0.25, 0.3) is 0 Å². The molecule has 1 aromatic rings. The van der Waals surface area contributed by atoms with Crippen LogP contribution in [0.1, 0.15) is 5.56 Å². The molecule has 0 saturated carbocycles.